The van der Waals surface area contributed by atoms with Gasteiger partial charge in [0.2, 0.25) is 5.91 Å². The van der Waals surface area contributed by atoms with Gasteiger partial charge in [-0.1, -0.05) is 13.2 Å². The molecule has 1 aliphatic heterocycles. The lowest BCUT2D eigenvalue weighted by Crippen LogP contribution is -2.27. The highest BCUT2D eigenvalue weighted by Gasteiger charge is 2.30. The maximum absolute atomic E-state index is 15.7. The van der Waals surface area contributed by atoms with Gasteiger partial charge in [-0.3, -0.25) is 9.79 Å². The summed E-state index contributed by atoms with van der Waals surface area (Å²) in [6.07, 6.45) is 8.13. The number of nitrogens with zero attached hydrogens (tertiary/aromatic N) is 6. The Morgan fingerprint density at radius 1 is 1.19 bits per heavy atom. The molecule has 3 aromatic rings. The first-order valence-electron chi connectivity index (χ1n) is 13.1. The summed E-state index contributed by atoms with van der Waals surface area (Å²) in [7, 11) is 3.06. The number of hydrogen-bond donors (Lipinski definition) is 1. The molecule has 2 aromatic heterocycles. The summed E-state index contributed by atoms with van der Waals surface area (Å²) < 4.78 is 34.3. The highest BCUT2D eigenvalue weighted by Crippen LogP contribution is 2.36. The zero-order chi connectivity index (χ0) is 30.0. The van der Waals surface area contributed by atoms with E-state index in [9.17, 15) is 4.79 Å². The predicted molar refractivity (Wildman–Crippen MR) is 157 cm³/mol. The second kappa shape index (κ2) is 11.7. The number of methoxy groups -OCH3 is 2. The van der Waals surface area contributed by atoms with E-state index in [1.165, 1.54) is 38.9 Å². The largest absolute Gasteiger partial charge is 0.493 e. The summed E-state index contributed by atoms with van der Waals surface area (Å²) in [5, 5.41) is 5.16. The van der Waals surface area contributed by atoms with Crippen LogP contribution in [0.15, 0.2) is 90.0 Å². The number of aliphatic imine (C=N–C) groups is 1. The Morgan fingerprint density at radius 3 is 2.64 bits per heavy atom. The Morgan fingerprint density at radius 2 is 1.95 bits per heavy atom. The first kappa shape index (κ1) is 28.3. The molecular weight excluding hydrogens is 541 g/mol. The fourth-order valence-corrected chi connectivity index (χ4v) is 5.05. The van der Waals surface area contributed by atoms with Crippen LogP contribution in [0.3, 0.4) is 0 Å². The van der Waals surface area contributed by atoms with E-state index in [1.54, 1.807) is 40.8 Å². The van der Waals surface area contributed by atoms with Gasteiger partial charge in [0.1, 0.15) is 35.2 Å². The number of amides is 1. The average Bonchev–Trinajstić information content (AvgIpc) is 3.63. The molecule has 1 atom stereocenters. The van der Waals surface area contributed by atoms with Crippen LogP contribution in [0, 0.1) is 5.82 Å². The van der Waals surface area contributed by atoms with Crippen LogP contribution in [0.1, 0.15) is 19.4 Å². The SMILES string of the molecule is C=C/N=C1/C=C(OC)C(OC)=C/C1=C(/C)Oc1ccc(-c2nn([C@@H]3CCN(C(=O)C=C)C3)c3ncnc(N)c23)c(F)c1. The summed E-state index contributed by atoms with van der Waals surface area (Å²) in [5.41, 5.74) is 8.36. The van der Waals surface area contributed by atoms with Gasteiger partial charge in [-0.15, -0.1) is 0 Å². The fraction of sp³-hybridized carbons (Fsp3) is 0.233. The van der Waals surface area contributed by atoms with Crippen LogP contribution in [0.4, 0.5) is 10.2 Å². The van der Waals surface area contributed by atoms with Crippen molar-refractivity contribution in [3.8, 4) is 17.0 Å². The molecule has 0 unspecified atom stereocenters. The van der Waals surface area contributed by atoms with Crippen LogP contribution in [0.5, 0.6) is 5.75 Å². The molecule has 1 amide bonds. The number of hydrogen-bond acceptors (Lipinski definition) is 9. The minimum Gasteiger partial charge on any atom is -0.493 e. The van der Waals surface area contributed by atoms with E-state index in [2.05, 4.69) is 28.1 Å². The van der Waals surface area contributed by atoms with Crippen molar-refractivity contribution in [3.63, 3.8) is 0 Å². The summed E-state index contributed by atoms with van der Waals surface area (Å²) in [4.78, 5) is 26.6. The quantitative estimate of drug-likeness (QED) is 0.309. The maximum atomic E-state index is 15.7. The molecule has 42 heavy (non-hydrogen) atoms. The van der Waals surface area contributed by atoms with Gasteiger partial charge in [-0.05, 0) is 37.6 Å². The van der Waals surface area contributed by atoms with E-state index in [-0.39, 0.29) is 29.1 Å². The average molecular weight is 572 g/mol. The fourth-order valence-electron chi connectivity index (χ4n) is 5.05. The Balaban J connectivity index is 1.50. The number of fused-ring (bicyclic) bond motifs is 1. The molecule has 11 nitrogen and oxygen atoms in total. The molecule has 0 bridgehead atoms. The van der Waals surface area contributed by atoms with E-state index < -0.39 is 5.82 Å². The number of allylic oxidation sites excluding steroid dienone is 4. The van der Waals surface area contributed by atoms with Crippen LogP contribution in [-0.4, -0.2) is 63.6 Å². The summed E-state index contributed by atoms with van der Waals surface area (Å²) >= 11 is 0. The minimum absolute atomic E-state index is 0.157. The number of aromatic nitrogens is 4. The summed E-state index contributed by atoms with van der Waals surface area (Å²) in [6.45, 7) is 9.95. The first-order chi connectivity index (χ1) is 20.3. The normalized spacial score (nSPS) is 18.9. The van der Waals surface area contributed by atoms with Gasteiger partial charge in [-0.2, -0.15) is 5.10 Å². The lowest BCUT2D eigenvalue weighted by atomic mass is 10.0. The van der Waals surface area contributed by atoms with Gasteiger partial charge in [0, 0.05) is 42.6 Å². The molecular formula is C30H30FN7O4. The van der Waals surface area contributed by atoms with Gasteiger partial charge in [0.25, 0.3) is 0 Å². The lowest BCUT2D eigenvalue weighted by molar-refractivity contribution is -0.125. The van der Waals surface area contributed by atoms with Crippen molar-refractivity contribution >= 4 is 28.5 Å². The highest BCUT2D eigenvalue weighted by molar-refractivity contribution is 6.12. The van der Waals surface area contributed by atoms with E-state index >= 15 is 4.39 Å². The minimum atomic E-state index is -0.576. The van der Waals surface area contributed by atoms with Crippen molar-refractivity contribution in [1.29, 1.82) is 0 Å². The molecule has 3 heterocycles. The molecule has 1 aromatic carbocycles. The predicted octanol–water partition coefficient (Wildman–Crippen LogP) is 4.49. The first-order valence-corrected chi connectivity index (χ1v) is 13.1. The topological polar surface area (TPSA) is 130 Å². The molecule has 2 aliphatic rings. The molecule has 0 radical (unpaired) electrons. The molecule has 1 fully saturated rings. The van der Waals surface area contributed by atoms with Crippen LogP contribution in [0.25, 0.3) is 22.3 Å². The van der Waals surface area contributed by atoms with Crippen molar-refractivity contribution in [2.75, 3.05) is 33.0 Å². The summed E-state index contributed by atoms with van der Waals surface area (Å²) in [5.74, 6) is 1.14. The number of rotatable bonds is 8. The number of carbonyl (C=O) groups excluding carboxylic acids is 1. The molecule has 2 N–H and O–H groups in total. The molecule has 12 heteroatoms. The van der Waals surface area contributed by atoms with E-state index in [4.69, 9.17) is 25.0 Å². The van der Waals surface area contributed by atoms with Crippen molar-refractivity contribution in [3.05, 3.63) is 90.8 Å². The number of nitrogen functional groups attached to an aromatic ring is 1. The van der Waals surface area contributed by atoms with E-state index in [1.807, 2.05) is 0 Å². The Kier molecular flexibility index (Phi) is 7.87. The number of benzene rings is 1. The number of nitrogens with two attached hydrogens (primary N) is 1. The second-order valence-corrected chi connectivity index (χ2v) is 9.52. The van der Waals surface area contributed by atoms with Crippen molar-refractivity contribution in [1.82, 2.24) is 24.6 Å². The molecule has 5 rings (SSSR count). The van der Waals surface area contributed by atoms with Crippen molar-refractivity contribution in [2.45, 2.75) is 19.4 Å². The monoisotopic (exact) mass is 571 g/mol. The van der Waals surface area contributed by atoms with Crippen molar-refractivity contribution < 1.29 is 23.4 Å². The van der Waals surface area contributed by atoms with Crippen molar-refractivity contribution in [2.24, 2.45) is 4.99 Å². The Bertz CT molecular complexity index is 1720. The molecule has 216 valence electrons. The molecule has 0 saturated carbocycles. The van der Waals surface area contributed by atoms with Gasteiger partial charge in [0.15, 0.2) is 17.2 Å². The van der Waals surface area contributed by atoms with Gasteiger partial charge >= 0.3 is 0 Å². The standard InChI is InChI=1S/C30H30FN7O4/c1-6-26(39)37-11-10-18(15-37)38-30-27(29(32)34-16-35-30)28(36-38)20-9-8-19(12-22(20)31)42-17(3)21-13-24(40-4)25(41-5)14-23(21)33-7-2/h6-9,12-14,16,18H,1-2,10-11,15H2,3-5H3,(H2,32,34,35)/b21-17+,33-23-/t18-/m1/s1. The number of halogens is 1. The third-order valence-corrected chi connectivity index (χ3v) is 7.09. The van der Waals surface area contributed by atoms with Gasteiger partial charge in [0.05, 0.1) is 31.4 Å². The molecule has 1 saturated heterocycles. The Hall–Kier alpha value is -5.26. The lowest BCUT2D eigenvalue weighted by Gasteiger charge is -2.19. The third-order valence-electron chi connectivity index (χ3n) is 7.09. The van der Waals surface area contributed by atoms with Crippen LogP contribution in [-0.2, 0) is 14.3 Å². The molecule has 1 aliphatic carbocycles. The summed E-state index contributed by atoms with van der Waals surface area (Å²) in [6, 6.07) is 4.31. The smallest absolute Gasteiger partial charge is 0.246 e. The maximum Gasteiger partial charge on any atom is 0.246 e. The number of ether oxygens (including phenoxy) is 3. The van der Waals surface area contributed by atoms with Gasteiger partial charge < -0.3 is 24.8 Å². The Labute approximate surface area is 241 Å². The van der Waals surface area contributed by atoms with E-state index in [0.29, 0.717) is 64.8 Å². The number of anilines is 1. The number of carbonyl (C=O) groups is 1. The molecule has 0 spiro atoms. The zero-order valence-electron chi connectivity index (χ0n) is 23.5. The highest BCUT2D eigenvalue weighted by atomic mass is 19.1. The number of likely N-dealkylation sites (tertiary alicyclic amines) is 1. The van der Waals surface area contributed by atoms with E-state index in [0.717, 1.165) is 0 Å². The van der Waals surface area contributed by atoms with Crippen LogP contribution < -0.4 is 10.5 Å². The van der Waals surface area contributed by atoms with Crippen LogP contribution in [0.2, 0.25) is 0 Å². The zero-order valence-corrected chi connectivity index (χ0v) is 23.5. The van der Waals surface area contributed by atoms with Gasteiger partial charge in [-0.25, -0.2) is 19.0 Å². The third kappa shape index (κ3) is 5.14. The second-order valence-electron chi connectivity index (χ2n) is 9.52. The van der Waals surface area contributed by atoms with Crippen LogP contribution >= 0.6 is 0 Å².